The van der Waals surface area contributed by atoms with Crippen molar-refractivity contribution in [3.63, 3.8) is 0 Å². The lowest BCUT2D eigenvalue weighted by atomic mass is 11.0. The van der Waals surface area contributed by atoms with Crippen LogP contribution in [-0.4, -0.2) is 15.1 Å². The molecule has 0 aliphatic heterocycles. The number of nitrogens with one attached hydrogen (secondary N) is 1. The van der Waals surface area contributed by atoms with Crippen molar-refractivity contribution in [3.8, 4) is 6.01 Å². The maximum absolute atomic E-state index is 8.31. The van der Waals surface area contributed by atoms with E-state index in [0.29, 0.717) is 0 Å². The average Bonchev–Trinajstić information content (AvgIpc) is 1.86. The smallest absolute Gasteiger partial charge is 0.290 e. The Balaban J connectivity index is 0. The molecule has 0 amide bonds. The lowest BCUT2D eigenvalue weighted by molar-refractivity contribution is 0.436. The summed E-state index contributed by atoms with van der Waals surface area (Å²) in [6.07, 6.45) is 3.03. The van der Waals surface area contributed by atoms with E-state index in [1.807, 2.05) is 0 Å². The number of rotatable bonds is 0. The van der Waals surface area contributed by atoms with Crippen molar-refractivity contribution in [1.82, 2.24) is 9.97 Å². The van der Waals surface area contributed by atoms with Crippen LogP contribution >= 0.6 is 24.8 Å². The van der Waals surface area contributed by atoms with E-state index in [2.05, 4.69) is 9.97 Å². The Labute approximate surface area is 59.0 Å². The summed E-state index contributed by atoms with van der Waals surface area (Å²) in [5.41, 5.74) is 0. The van der Waals surface area contributed by atoms with Gasteiger partial charge in [0, 0.05) is 12.4 Å². The Kier molecular flexibility index (Phi) is 6.25. The molecule has 48 valence electrons. The van der Waals surface area contributed by atoms with Gasteiger partial charge < -0.3 is 10.1 Å². The molecule has 0 saturated heterocycles. The van der Waals surface area contributed by atoms with E-state index in [0.717, 1.165) is 0 Å². The summed E-state index contributed by atoms with van der Waals surface area (Å²) in [4.78, 5) is 5.86. The first-order valence-electron chi connectivity index (χ1n) is 1.58. The highest BCUT2D eigenvalue weighted by molar-refractivity contribution is 5.85. The molecule has 0 fully saturated rings. The van der Waals surface area contributed by atoms with Crippen molar-refractivity contribution >= 4 is 24.8 Å². The number of aromatic hydroxyl groups is 1. The molecule has 0 aliphatic rings. The molecule has 0 spiro atoms. The fourth-order valence-corrected chi connectivity index (χ4v) is 0.257. The minimum Gasteiger partial charge on any atom is -0.480 e. The summed E-state index contributed by atoms with van der Waals surface area (Å²) in [6.45, 7) is 0. The highest BCUT2D eigenvalue weighted by Gasteiger charge is 1.77. The van der Waals surface area contributed by atoms with E-state index in [-0.39, 0.29) is 30.8 Å². The van der Waals surface area contributed by atoms with Crippen LogP contribution in [0.15, 0.2) is 12.4 Å². The quantitative estimate of drug-likeness (QED) is 0.589. The van der Waals surface area contributed by atoms with E-state index in [9.17, 15) is 0 Å². The normalized spacial score (nSPS) is 6.50. The van der Waals surface area contributed by atoms with E-state index in [4.69, 9.17) is 5.11 Å². The van der Waals surface area contributed by atoms with Gasteiger partial charge in [0.15, 0.2) is 0 Å². The number of H-pyrrole nitrogens is 1. The van der Waals surface area contributed by atoms with Crippen LogP contribution in [0.3, 0.4) is 0 Å². The Hall–Kier alpha value is -0.410. The van der Waals surface area contributed by atoms with Gasteiger partial charge in [0.25, 0.3) is 6.01 Å². The summed E-state index contributed by atoms with van der Waals surface area (Å²) in [6, 6.07) is -0.0324. The number of nitrogens with zero attached hydrogens (tertiary/aromatic N) is 1. The minimum atomic E-state index is -0.0324. The second-order valence-corrected chi connectivity index (χ2v) is 0.913. The van der Waals surface area contributed by atoms with E-state index >= 15 is 0 Å². The van der Waals surface area contributed by atoms with Crippen molar-refractivity contribution in [2.24, 2.45) is 0 Å². The van der Waals surface area contributed by atoms with E-state index in [1.54, 1.807) is 6.20 Å². The van der Waals surface area contributed by atoms with E-state index < -0.39 is 0 Å². The zero-order valence-corrected chi connectivity index (χ0v) is 5.50. The summed E-state index contributed by atoms with van der Waals surface area (Å²) in [5.74, 6) is 0. The van der Waals surface area contributed by atoms with Gasteiger partial charge in [-0.15, -0.1) is 24.8 Å². The number of hydrogen-bond acceptors (Lipinski definition) is 2. The van der Waals surface area contributed by atoms with Gasteiger partial charge >= 0.3 is 0 Å². The first-order valence-corrected chi connectivity index (χ1v) is 1.58. The molecule has 1 aromatic heterocycles. The number of aromatic nitrogens is 2. The number of halogens is 2. The molecule has 5 heteroatoms. The summed E-state index contributed by atoms with van der Waals surface area (Å²) >= 11 is 0. The van der Waals surface area contributed by atoms with Crippen LogP contribution in [-0.2, 0) is 0 Å². The molecule has 8 heavy (non-hydrogen) atoms. The zero-order valence-electron chi connectivity index (χ0n) is 3.87. The van der Waals surface area contributed by atoms with E-state index in [1.165, 1.54) is 6.20 Å². The molecule has 0 saturated carbocycles. The lowest BCUT2D eigenvalue weighted by Crippen LogP contribution is -1.58. The predicted octanol–water partition coefficient (Wildman–Crippen LogP) is 0.959. The summed E-state index contributed by atoms with van der Waals surface area (Å²) < 4.78 is 0. The van der Waals surface area contributed by atoms with Gasteiger partial charge in [-0.1, -0.05) is 0 Å². The number of imidazole rings is 1. The third-order valence-corrected chi connectivity index (χ3v) is 0.484. The van der Waals surface area contributed by atoms with Crippen LogP contribution in [0.4, 0.5) is 0 Å². The average molecular weight is 157 g/mol. The Morgan fingerprint density at radius 1 is 1.50 bits per heavy atom. The molecule has 0 radical (unpaired) electrons. The SMILES string of the molecule is Cl.Cl.Oc1ncc[nH]1. The first-order chi connectivity index (χ1) is 2.89. The van der Waals surface area contributed by atoms with Gasteiger partial charge in [0.05, 0.1) is 0 Å². The molecule has 1 aromatic rings. The van der Waals surface area contributed by atoms with Gasteiger partial charge in [0.1, 0.15) is 0 Å². The van der Waals surface area contributed by atoms with Gasteiger partial charge in [-0.05, 0) is 0 Å². The van der Waals surface area contributed by atoms with Crippen molar-refractivity contribution in [2.45, 2.75) is 0 Å². The van der Waals surface area contributed by atoms with Crippen molar-refractivity contribution in [2.75, 3.05) is 0 Å². The van der Waals surface area contributed by atoms with Crippen LogP contribution in [0.5, 0.6) is 6.01 Å². The lowest BCUT2D eigenvalue weighted by Gasteiger charge is -1.69. The highest BCUT2D eigenvalue weighted by atomic mass is 35.5. The van der Waals surface area contributed by atoms with Gasteiger partial charge in [-0.25, -0.2) is 4.98 Å². The van der Waals surface area contributed by atoms with Crippen LogP contribution < -0.4 is 0 Å². The largest absolute Gasteiger partial charge is 0.480 e. The molecule has 1 rings (SSSR count). The predicted molar refractivity (Wildman–Crippen MR) is 34.7 cm³/mol. The number of aromatic amines is 1. The fourth-order valence-electron chi connectivity index (χ4n) is 0.257. The van der Waals surface area contributed by atoms with Crippen LogP contribution in [0, 0.1) is 0 Å². The Morgan fingerprint density at radius 2 is 2.12 bits per heavy atom. The molecule has 0 unspecified atom stereocenters. The van der Waals surface area contributed by atoms with Crippen molar-refractivity contribution in [1.29, 1.82) is 0 Å². The van der Waals surface area contributed by atoms with Crippen LogP contribution in [0.2, 0.25) is 0 Å². The standard InChI is InChI=1S/C3H4N2O.2ClH/c6-3-4-1-2-5-3;;/h1-2H,(H2,4,5,6);2*1H. The highest BCUT2D eigenvalue weighted by Crippen LogP contribution is 1.90. The second kappa shape index (κ2) is 4.74. The van der Waals surface area contributed by atoms with Gasteiger partial charge in [0.2, 0.25) is 0 Å². The maximum Gasteiger partial charge on any atom is 0.290 e. The second-order valence-electron chi connectivity index (χ2n) is 0.913. The van der Waals surface area contributed by atoms with Crippen molar-refractivity contribution < 1.29 is 5.11 Å². The molecule has 0 aromatic carbocycles. The molecule has 0 atom stereocenters. The van der Waals surface area contributed by atoms with Crippen molar-refractivity contribution in [3.05, 3.63) is 12.4 Å². The summed E-state index contributed by atoms with van der Waals surface area (Å²) in [5, 5.41) is 8.31. The Morgan fingerprint density at radius 3 is 2.25 bits per heavy atom. The third-order valence-electron chi connectivity index (χ3n) is 0.484. The first kappa shape index (κ1) is 10.5. The molecule has 2 N–H and O–H groups in total. The maximum atomic E-state index is 8.31. The zero-order chi connectivity index (χ0) is 4.41. The number of hydrogen-bond donors (Lipinski definition) is 2. The van der Waals surface area contributed by atoms with Gasteiger partial charge in [-0.3, -0.25) is 0 Å². The van der Waals surface area contributed by atoms with Gasteiger partial charge in [-0.2, -0.15) is 0 Å². The minimum absolute atomic E-state index is 0. The topological polar surface area (TPSA) is 48.9 Å². The third kappa shape index (κ3) is 2.71. The van der Waals surface area contributed by atoms with Crippen LogP contribution in [0.25, 0.3) is 0 Å². The molecule has 0 aliphatic carbocycles. The summed E-state index contributed by atoms with van der Waals surface area (Å²) in [7, 11) is 0. The molecule has 3 nitrogen and oxygen atoms in total. The molecule has 0 bridgehead atoms. The monoisotopic (exact) mass is 156 g/mol. The van der Waals surface area contributed by atoms with Crippen LogP contribution in [0.1, 0.15) is 0 Å². The molecular weight excluding hydrogens is 151 g/mol. The Bertz CT molecular complexity index is 119. The fraction of sp³-hybridized carbons (Fsp3) is 0. The molecule has 1 heterocycles. The molecular formula is C3H6Cl2N2O.